The lowest BCUT2D eigenvalue weighted by atomic mass is 9.97. The highest BCUT2D eigenvalue weighted by molar-refractivity contribution is 5.78. The first kappa shape index (κ1) is 14.8. The van der Waals surface area contributed by atoms with Gasteiger partial charge in [-0.05, 0) is 31.5 Å². The third kappa shape index (κ3) is 3.94. The van der Waals surface area contributed by atoms with E-state index in [9.17, 15) is 4.79 Å². The van der Waals surface area contributed by atoms with Crippen LogP contribution in [0.2, 0.25) is 0 Å². The number of rotatable bonds is 6. The highest BCUT2D eigenvalue weighted by Gasteiger charge is 2.25. The number of aromatic nitrogens is 3. The SMILES string of the molecule is O=C(NCCn1ccnn1)C1CCCN(Cc2ccco2)C1. The second kappa shape index (κ2) is 7.22. The van der Waals surface area contributed by atoms with Crippen molar-refractivity contribution >= 4 is 5.91 Å². The fourth-order valence-electron chi connectivity index (χ4n) is 2.83. The Morgan fingerprint density at radius 2 is 2.45 bits per heavy atom. The van der Waals surface area contributed by atoms with Crippen LogP contribution in [-0.4, -0.2) is 45.4 Å². The Morgan fingerprint density at radius 1 is 1.50 bits per heavy atom. The van der Waals surface area contributed by atoms with E-state index < -0.39 is 0 Å². The molecule has 1 saturated heterocycles. The van der Waals surface area contributed by atoms with Gasteiger partial charge in [0.25, 0.3) is 0 Å². The van der Waals surface area contributed by atoms with Gasteiger partial charge in [-0.1, -0.05) is 5.21 Å². The Labute approximate surface area is 129 Å². The first-order valence-electron chi connectivity index (χ1n) is 7.68. The van der Waals surface area contributed by atoms with Crippen LogP contribution in [0.15, 0.2) is 35.2 Å². The van der Waals surface area contributed by atoms with E-state index in [1.165, 1.54) is 0 Å². The molecule has 0 bridgehead atoms. The summed E-state index contributed by atoms with van der Waals surface area (Å²) in [5, 5.41) is 10.6. The number of hydrogen-bond donors (Lipinski definition) is 1. The summed E-state index contributed by atoms with van der Waals surface area (Å²) in [6, 6.07) is 3.87. The number of nitrogens with zero attached hydrogens (tertiary/aromatic N) is 4. The molecule has 1 unspecified atom stereocenters. The molecule has 0 spiro atoms. The lowest BCUT2D eigenvalue weighted by molar-refractivity contribution is -0.126. The molecule has 7 heteroatoms. The minimum Gasteiger partial charge on any atom is -0.468 e. The molecule has 1 aliphatic rings. The summed E-state index contributed by atoms with van der Waals surface area (Å²) in [4.78, 5) is 14.5. The molecule has 1 N–H and O–H groups in total. The standard InChI is InChI=1S/C15H21N5O2/c21-15(16-5-8-20-9-6-17-18-20)13-3-1-7-19(11-13)12-14-4-2-10-22-14/h2,4,6,9-10,13H,1,3,5,7-8,11-12H2,(H,16,21). The molecule has 3 heterocycles. The molecule has 7 nitrogen and oxygen atoms in total. The van der Waals surface area contributed by atoms with Crippen molar-refractivity contribution in [1.29, 1.82) is 0 Å². The summed E-state index contributed by atoms with van der Waals surface area (Å²) >= 11 is 0. The second-order valence-electron chi connectivity index (χ2n) is 5.61. The van der Waals surface area contributed by atoms with Gasteiger partial charge in [0.2, 0.25) is 5.91 Å². The average Bonchev–Trinajstić information content (AvgIpc) is 3.21. The highest BCUT2D eigenvalue weighted by Crippen LogP contribution is 2.18. The molecule has 1 atom stereocenters. The summed E-state index contributed by atoms with van der Waals surface area (Å²) in [6.45, 7) is 3.81. The number of nitrogens with one attached hydrogen (secondary N) is 1. The van der Waals surface area contributed by atoms with Crippen LogP contribution in [0.5, 0.6) is 0 Å². The fraction of sp³-hybridized carbons (Fsp3) is 0.533. The first-order valence-corrected chi connectivity index (χ1v) is 7.68. The minimum absolute atomic E-state index is 0.0551. The van der Waals surface area contributed by atoms with E-state index in [1.54, 1.807) is 23.3 Å². The van der Waals surface area contributed by atoms with Crippen molar-refractivity contribution in [2.45, 2.75) is 25.9 Å². The van der Waals surface area contributed by atoms with Gasteiger partial charge in [-0.2, -0.15) is 0 Å². The van der Waals surface area contributed by atoms with Crippen LogP contribution in [0.25, 0.3) is 0 Å². The third-order valence-corrected chi connectivity index (χ3v) is 3.95. The molecule has 2 aromatic heterocycles. The van der Waals surface area contributed by atoms with E-state index in [2.05, 4.69) is 20.5 Å². The summed E-state index contributed by atoms with van der Waals surface area (Å²) in [6.07, 6.45) is 7.10. The first-order chi connectivity index (χ1) is 10.8. The van der Waals surface area contributed by atoms with Gasteiger partial charge in [0, 0.05) is 19.3 Å². The normalized spacial score (nSPS) is 19.2. The van der Waals surface area contributed by atoms with Gasteiger partial charge < -0.3 is 9.73 Å². The number of piperidine rings is 1. The van der Waals surface area contributed by atoms with Crippen molar-refractivity contribution in [3.63, 3.8) is 0 Å². The lowest BCUT2D eigenvalue weighted by Gasteiger charge is -2.31. The van der Waals surface area contributed by atoms with E-state index in [0.29, 0.717) is 13.1 Å². The van der Waals surface area contributed by atoms with Crippen molar-refractivity contribution in [2.24, 2.45) is 5.92 Å². The van der Waals surface area contributed by atoms with Gasteiger partial charge in [-0.15, -0.1) is 5.10 Å². The molecule has 0 radical (unpaired) electrons. The number of likely N-dealkylation sites (tertiary alicyclic amines) is 1. The maximum absolute atomic E-state index is 12.3. The smallest absolute Gasteiger partial charge is 0.224 e. The fourth-order valence-corrected chi connectivity index (χ4v) is 2.83. The number of furan rings is 1. The second-order valence-corrected chi connectivity index (χ2v) is 5.61. The Bertz CT molecular complexity index is 567. The Hall–Kier alpha value is -2.15. The molecule has 0 aliphatic carbocycles. The van der Waals surface area contributed by atoms with Crippen LogP contribution >= 0.6 is 0 Å². The van der Waals surface area contributed by atoms with Crippen molar-refractivity contribution in [3.8, 4) is 0 Å². The zero-order valence-corrected chi connectivity index (χ0v) is 12.5. The Kier molecular flexibility index (Phi) is 4.85. The van der Waals surface area contributed by atoms with Crippen molar-refractivity contribution in [3.05, 3.63) is 36.5 Å². The predicted octanol–water partition coefficient (Wildman–Crippen LogP) is 0.899. The summed E-state index contributed by atoms with van der Waals surface area (Å²) < 4.78 is 7.09. The number of carbonyl (C=O) groups excluding carboxylic acids is 1. The number of amides is 1. The number of hydrogen-bond acceptors (Lipinski definition) is 5. The zero-order chi connectivity index (χ0) is 15.2. The number of carbonyl (C=O) groups is 1. The van der Waals surface area contributed by atoms with Crippen LogP contribution in [-0.2, 0) is 17.9 Å². The monoisotopic (exact) mass is 303 g/mol. The topological polar surface area (TPSA) is 76.2 Å². The lowest BCUT2D eigenvalue weighted by Crippen LogP contribution is -2.43. The van der Waals surface area contributed by atoms with Crippen LogP contribution in [0.1, 0.15) is 18.6 Å². The van der Waals surface area contributed by atoms with E-state index in [0.717, 1.165) is 38.2 Å². The van der Waals surface area contributed by atoms with Gasteiger partial charge in [0.05, 0.1) is 31.5 Å². The van der Waals surface area contributed by atoms with E-state index in [-0.39, 0.29) is 11.8 Å². The Morgan fingerprint density at radius 3 is 3.23 bits per heavy atom. The molecule has 3 rings (SSSR count). The summed E-state index contributed by atoms with van der Waals surface area (Å²) in [5.74, 6) is 1.14. The predicted molar refractivity (Wildman–Crippen MR) is 79.7 cm³/mol. The quantitative estimate of drug-likeness (QED) is 0.858. The highest BCUT2D eigenvalue weighted by atomic mass is 16.3. The third-order valence-electron chi connectivity index (χ3n) is 3.95. The van der Waals surface area contributed by atoms with Gasteiger partial charge in [-0.25, -0.2) is 0 Å². The maximum atomic E-state index is 12.3. The van der Waals surface area contributed by atoms with Crippen LogP contribution < -0.4 is 5.32 Å². The molecule has 2 aromatic rings. The van der Waals surface area contributed by atoms with Crippen LogP contribution in [0.3, 0.4) is 0 Å². The molecular formula is C15H21N5O2. The summed E-state index contributed by atoms with van der Waals surface area (Å²) in [5.41, 5.74) is 0. The zero-order valence-electron chi connectivity index (χ0n) is 12.5. The van der Waals surface area contributed by atoms with Gasteiger partial charge in [-0.3, -0.25) is 14.4 Å². The molecule has 22 heavy (non-hydrogen) atoms. The van der Waals surface area contributed by atoms with Gasteiger partial charge >= 0.3 is 0 Å². The van der Waals surface area contributed by atoms with Crippen LogP contribution in [0, 0.1) is 5.92 Å². The van der Waals surface area contributed by atoms with E-state index in [1.807, 2.05) is 12.1 Å². The molecule has 0 aromatic carbocycles. The molecule has 118 valence electrons. The summed E-state index contributed by atoms with van der Waals surface area (Å²) in [7, 11) is 0. The van der Waals surface area contributed by atoms with Crippen molar-refractivity contribution in [1.82, 2.24) is 25.2 Å². The molecular weight excluding hydrogens is 282 g/mol. The molecule has 1 amide bonds. The molecule has 0 saturated carbocycles. The average molecular weight is 303 g/mol. The van der Waals surface area contributed by atoms with Gasteiger partial charge in [0.15, 0.2) is 0 Å². The molecule has 1 fully saturated rings. The van der Waals surface area contributed by atoms with Crippen molar-refractivity contribution in [2.75, 3.05) is 19.6 Å². The maximum Gasteiger partial charge on any atom is 0.224 e. The minimum atomic E-state index is 0.0551. The van der Waals surface area contributed by atoms with E-state index >= 15 is 0 Å². The van der Waals surface area contributed by atoms with Crippen LogP contribution in [0.4, 0.5) is 0 Å². The Balaban J connectivity index is 1.43. The largest absolute Gasteiger partial charge is 0.468 e. The van der Waals surface area contributed by atoms with Crippen molar-refractivity contribution < 1.29 is 9.21 Å². The van der Waals surface area contributed by atoms with E-state index in [4.69, 9.17) is 4.42 Å². The molecule has 1 aliphatic heterocycles. The van der Waals surface area contributed by atoms with Gasteiger partial charge in [0.1, 0.15) is 5.76 Å².